The van der Waals surface area contributed by atoms with Crippen LogP contribution >= 0.6 is 0 Å². The van der Waals surface area contributed by atoms with Crippen LogP contribution in [-0.2, 0) is 0 Å². The fourth-order valence-electron chi connectivity index (χ4n) is 1.94. The maximum absolute atomic E-state index is 12.0. The molecule has 0 saturated heterocycles. The molecule has 0 aliphatic heterocycles. The smallest absolute Gasteiger partial charge is 0.256 e. The highest BCUT2D eigenvalue weighted by Gasteiger charge is 2.06. The molecule has 0 aliphatic carbocycles. The second-order valence-corrected chi connectivity index (χ2v) is 4.49. The minimum Gasteiger partial charge on any atom is -0.305 e. The van der Waals surface area contributed by atoms with Crippen LogP contribution in [0, 0.1) is 0 Å². The van der Waals surface area contributed by atoms with E-state index in [1.54, 1.807) is 18.2 Å². The van der Waals surface area contributed by atoms with Gasteiger partial charge in [0.2, 0.25) is 0 Å². The molecule has 21 heavy (non-hydrogen) atoms. The SMILES string of the molecule is O=C(Nc1ccc(-c2ccccc2)nn1)c1ccccc1. The number of amides is 1. The lowest BCUT2D eigenvalue weighted by molar-refractivity contribution is 0.102. The Balaban J connectivity index is 1.75. The van der Waals surface area contributed by atoms with Crippen molar-refractivity contribution >= 4 is 11.7 Å². The zero-order chi connectivity index (χ0) is 14.5. The molecule has 0 unspecified atom stereocenters. The number of aromatic nitrogens is 2. The van der Waals surface area contributed by atoms with Crippen LogP contribution in [0.5, 0.6) is 0 Å². The minimum absolute atomic E-state index is 0.197. The minimum atomic E-state index is -0.197. The number of carbonyl (C=O) groups excluding carboxylic acids is 1. The van der Waals surface area contributed by atoms with Crippen molar-refractivity contribution in [3.8, 4) is 11.3 Å². The van der Waals surface area contributed by atoms with Gasteiger partial charge in [-0.3, -0.25) is 4.79 Å². The van der Waals surface area contributed by atoms with E-state index >= 15 is 0 Å². The summed E-state index contributed by atoms with van der Waals surface area (Å²) in [6.45, 7) is 0. The standard InChI is InChI=1S/C17H13N3O/c21-17(14-9-5-2-6-10-14)18-16-12-11-15(19-20-16)13-7-3-1-4-8-13/h1-12H,(H,18,20,21). The molecule has 3 rings (SSSR count). The van der Waals surface area contributed by atoms with E-state index in [9.17, 15) is 4.79 Å². The number of anilines is 1. The molecule has 4 heteroatoms. The molecule has 1 aromatic heterocycles. The highest BCUT2D eigenvalue weighted by Crippen LogP contribution is 2.16. The number of rotatable bonds is 3. The van der Waals surface area contributed by atoms with Gasteiger partial charge in [0.1, 0.15) is 0 Å². The van der Waals surface area contributed by atoms with Crippen LogP contribution in [0.2, 0.25) is 0 Å². The summed E-state index contributed by atoms with van der Waals surface area (Å²) in [7, 11) is 0. The van der Waals surface area contributed by atoms with Crippen molar-refractivity contribution in [1.82, 2.24) is 10.2 Å². The van der Waals surface area contributed by atoms with E-state index in [1.165, 1.54) is 0 Å². The number of benzene rings is 2. The van der Waals surface area contributed by atoms with Crippen molar-refractivity contribution in [2.45, 2.75) is 0 Å². The highest BCUT2D eigenvalue weighted by atomic mass is 16.1. The van der Waals surface area contributed by atoms with Crippen molar-refractivity contribution in [1.29, 1.82) is 0 Å². The zero-order valence-corrected chi connectivity index (χ0v) is 11.2. The summed E-state index contributed by atoms with van der Waals surface area (Å²) in [4.78, 5) is 12.0. The van der Waals surface area contributed by atoms with Gasteiger partial charge in [-0.25, -0.2) is 0 Å². The Morgan fingerprint density at radius 1 is 0.762 bits per heavy atom. The van der Waals surface area contributed by atoms with E-state index < -0.39 is 0 Å². The van der Waals surface area contributed by atoms with Crippen molar-refractivity contribution < 1.29 is 4.79 Å². The molecule has 3 aromatic rings. The van der Waals surface area contributed by atoms with Crippen LogP contribution in [0.3, 0.4) is 0 Å². The van der Waals surface area contributed by atoms with Crippen molar-refractivity contribution in [3.63, 3.8) is 0 Å². The Labute approximate surface area is 122 Å². The first-order valence-corrected chi connectivity index (χ1v) is 6.58. The topological polar surface area (TPSA) is 54.9 Å². The zero-order valence-electron chi connectivity index (χ0n) is 11.2. The molecule has 0 atom stereocenters. The van der Waals surface area contributed by atoms with Crippen molar-refractivity contribution in [2.75, 3.05) is 5.32 Å². The third-order valence-corrected chi connectivity index (χ3v) is 3.01. The maximum Gasteiger partial charge on any atom is 0.256 e. The van der Waals surface area contributed by atoms with Crippen LogP contribution in [0.4, 0.5) is 5.82 Å². The van der Waals surface area contributed by atoms with E-state index in [4.69, 9.17) is 0 Å². The highest BCUT2D eigenvalue weighted by molar-refractivity contribution is 6.03. The van der Waals surface area contributed by atoms with Gasteiger partial charge in [0.05, 0.1) is 5.69 Å². The van der Waals surface area contributed by atoms with Gasteiger partial charge < -0.3 is 5.32 Å². The fraction of sp³-hybridized carbons (Fsp3) is 0. The molecule has 0 radical (unpaired) electrons. The predicted octanol–water partition coefficient (Wildman–Crippen LogP) is 3.40. The van der Waals surface area contributed by atoms with E-state index in [-0.39, 0.29) is 5.91 Å². The van der Waals surface area contributed by atoms with Crippen LogP contribution in [0.25, 0.3) is 11.3 Å². The number of hydrogen-bond donors (Lipinski definition) is 1. The Bertz CT molecular complexity index is 725. The third-order valence-electron chi connectivity index (χ3n) is 3.01. The first-order chi connectivity index (χ1) is 10.3. The van der Waals surface area contributed by atoms with E-state index in [2.05, 4.69) is 15.5 Å². The number of nitrogens with one attached hydrogen (secondary N) is 1. The third kappa shape index (κ3) is 3.12. The first-order valence-electron chi connectivity index (χ1n) is 6.58. The molecule has 1 heterocycles. The number of hydrogen-bond acceptors (Lipinski definition) is 3. The van der Waals surface area contributed by atoms with Gasteiger partial charge >= 0.3 is 0 Å². The molecule has 0 bridgehead atoms. The molecule has 1 N–H and O–H groups in total. The van der Waals surface area contributed by atoms with E-state index in [1.807, 2.05) is 54.6 Å². The lowest BCUT2D eigenvalue weighted by atomic mass is 10.1. The molecule has 0 fully saturated rings. The largest absolute Gasteiger partial charge is 0.305 e. The van der Waals surface area contributed by atoms with Crippen LogP contribution < -0.4 is 5.32 Å². The number of nitrogens with zero attached hydrogens (tertiary/aromatic N) is 2. The van der Waals surface area contributed by atoms with Crippen LogP contribution in [0.1, 0.15) is 10.4 Å². The monoisotopic (exact) mass is 275 g/mol. The summed E-state index contributed by atoms with van der Waals surface area (Å²) in [5, 5.41) is 10.9. The molecule has 0 saturated carbocycles. The molecule has 2 aromatic carbocycles. The summed E-state index contributed by atoms with van der Waals surface area (Å²) < 4.78 is 0. The van der Waals surface area contributed by atoms with Crippen LogP contribution in [0.15, 0.2) is 72.8 Å². The Morgan fingerprint density at radius 2 is 1.43 bits per heavy atom. The Kier molecular flexibility index (Phi) is 3.69. The fourth-order valence-corrected chi connectivity index (χ4v) is 1.94. The molecular weight excluding hydrogens is 262 g/mol. The van der Waals surface area contributed by atoms with Crippen molar-refractivity contribution in [2.24, 2.45) is 0 Å². The Hall–Kier alpha value is -3.01. The first kappa shape index (κ1) is 13.0. The quantitative estimate of drug-likeness (QED) is 0.797. The van der Waals surface area contributed by atoms with Gasteiger partial charge in [-0.1, -0.05) is 48.5 Å². The normalized spacial score (nSPS) is 10.1. The average molecular weight is 275 g/mol. The summed E-state index contributed by atoms with van der Waals surface area (Å²) in [5.41, 5.74) is 2.35. The molecular formula is C17H13N3O. The second-order valence-electron chi connectivity index (χ2n) is 4.49. The Morgan fingerprint density at radius 3 is 2.05 bits per heavy atom. The summed E-state index contributed by atoms with van der Waals surface area (Å²) in [6, 6.07) is 22.4. The number of carbonyl (C=O) groups is 1. The molecule has 1 amide bonds. The van der Waals surface area contributed by atoms with Gasteiger partial charge in [0, 0.05) is 11.1 Å². The molecule has 0 spiro atoms. The predicted molar refractivity (Wildman–Crippen MR) is 81.9 cm³/mol. The summed E-state index contributed by atoms with van der Waals surface area (Å²) in [5.74, 6) is 0.237. The van der Waals surface area contributed by atoms with Gasteiger partial charge in [0.25, 0.3) is 5.91 Å². The van der Waals surface area contributed by atoms with Crippen LogP contribution in [-0.4, -0.2) is 16.1 Å². The van der Waals surface area contributed by atoms with Gasteiger partial charge in [-0.15, -0.1) is 10.2 Å². The van der Waals surface area contributed by atoms with Gasteiger partial charge in [-0.05, 0) is 24.3 Å². The van der Waals surface area contributed by atoms with Crippen molar-refractivity contribution in [3.05, 3.63) is 78.4 Å². The van der Waals surface area contributed by atoms with Gasteiger partial charge in [0.15, 0.2) is 5.82 Å². The lowest BCUT2D eigenvalue weighted by Gasteiger charge is -2.04. The average Bonchev–Trinajstić information content (AvgIpc) is 2.57. The maximum atomic E-state index is 12.0. The van der Waals surface area contributed by atoms with Gasteiger partial charge in [-0.2, -0.15) is 0 Å². The molecule has 4 nitrogen and oxygen atoms in total. The van der Waals surface area contributed by atoms with E-state index in [0.29, 0.717) is 11.4 Å². The second kappa shape index (κ2) is 5.96. The van der Waals surface area contributed by atoms with E-state index in [0.717, 1.165) is 11.3 Å². The molecule has 0 aliphatic rings. The summed E-state index contributed by atoms with van der Waals surface area (Å²) >= 11 is 0. The molecule has 102 valence electrons. The summed E-state index contributed by atoms with van der Waals surface area (Å²) in [6.07, 6.45) is 0. The lowest BCUT2D eigenvalue weighted by Crippen LogP contribution is -2.13.